The molecule has 0 aromatic heterocycles. The van der Waals surface area contributed by atoms with E-state index in [1.807, 2.05) is 24.3 Å². The van der Waals surface area contributed by atoms with Gasteiger partial charge in [-0.05, 0) is 55.0 Å². The van der Waals surface area contributed by atoms with Gasteiger partial charge in [0.05, 0.1) is 17.0 Å². The van der Waals surface area contributed by atoms with Gasteiger partial charge in [-0.3, -0.25) is 4.79 Å². The molecule has 0 unspecified atom stereocenters. The smallest absolute Gasteiger partial charge is 0.252 e. The van der Waals surface area contributed by atoms with Crippen molar-refractivity contribution in [2.75, 3.05) is 32.0 Å². The Morgan fingerprint density at radius 2 is 1.77 bits per heavy atom. The van der Waals surface area contributed by atoms with Crippen LogP contribution in [0.25, 0.3) is 0 Å². The molecule has 1 aliphatic rings. The minimum atomic E-state index is -3.44. The largest absolute Gasteiger partial charge is 0.492 e. The molecule has 2 aromatic rings. The standard InChI is InChI=1S/C22H28N2O4S2/c1-2-29-21-9-5-4-8-20(21)22(25)23-14-17-28-18-10-12-19(13-11-18)30(26,27)24-15-6-3-7-16-24/h4-5,8-13H,2-3,6-7,14-17H2,1H3,(H,23,25). The van der Waals surface area contributed by atoms with Gasteiger partial charge in [-0.1, -0.05) is 25.5 Å². The van der Waals surface area contributed by atoms with Gasteiger partial charge < -0.3 is 10.1 Å². The molecule has 0 aliphatic carbocycles. The van der Waals surface area contributed by atoms with Gasteiger partial charge in [0.1, 0.15) is 12.4 Å². The third kappa shape index (κ3) is 5.77. The predicted octanol–water partition coefficient (Wildman–Crippen LogP) is 3.78. The molecular formula is C22H28N2O4S2. The number of nitrogens with one attached hydrogen (secondary N) is 1. The molecule has 30 heavy (non-hydrogen) atoms. The van der Waals surface area contributed by atoms with Crippen molar-refractivity contribution in [1.29, 1.82) is 0 Å². The van der Waals surface area contributed by atoms with E-state index >= 15 is 0 Å². The molecule has 1 saturated heterocycles. The second kappa shape index (κ2) is 10.8. The SMILES string of the molecule is CCSc1ccccc1C(=O)NCCOc1ccc(S(=O)(=O)N2CCCCC2)cc1. The number of carbonyl (C=O) groups excluding carboxylic acids is 1. The molecule has 0 bridgehead atoms. The van der Waals surface area contributed by atoms with E-state index in [2.05, 4.69) is 12.2 Å². The van der Waals surface area contributed by atoms with Crippen molar-refractivity contribution in [1.82, 2.24) is 9.62 Å². The van der Waals surface area contributed by atoms with Crippen LogP contribution in [0.5, 0.6) is 5.75 Å². The number of thioether (sulfide) groups is 1. The van der Waals surface area contributed by atoms with Gasteiger partial charge in [0.15, 0.2) is 0 Å². The summed E-state index contributed by atoms with van der Waals surface area (Å²) in [5, 5.41) is 2.87. The van der Waals surface area contributed by atoms with Crippen LogP contribution >= 0.6 is 11.8 Å². The van der Waals surface area contributed by atoms with Crippen molar-refractivity contribution < 1.29 is 17.9 Å². The van der Waals surface area contributed by atoms with E-state index in [4.69, 9.17) is 4.74 Å². The van der Waals surface area contributed by atoms with Crippen LogP contribution < -0.4 is 10.1 Å². The number of ether oxygens (including phenoxy) is 1. The Kier molecular flexibility index (Phi) is 8.18. The van der Waals surface area contributed by atoms with E-state index in [1.54, 1.807) is 40.3 Å². The van der Waals surface area contributed by atoms with Gasteiger partial charge in [0.25, 0.3) is 5.91 Å². The Morgan fingerprint density at radius 1 is 1.07 bits per heavy atom. The number of piperidine rings is 1. The van der Waals surface area contributed by atoms with Crippen molar-refractivity contribution in [2.24, 2.45) is 0 Å². The summed E-state index contributed by atoms with van der Waals surface area (Å²) in [6.45, 7) is 3.88. The van der Waals surface area contributed by atoms with Crippen LogP contribution in [-0.2, 0) is 10.0 Å². The van der Waals surface area contributed by atoms with Crippen molar-refractivity contribution >= 4 is 27.7 Å². The molecule has 1 heterocycles. The molecule has 2 aromatic carbocycles. The molecule has 1 amide bonds. The quantitative estimate of drug-likeness (QED) is 0.467. The van der Waals surface area contributed by atoms with Crippen molar-refractivity contribution in [3.63, 3.8) is 0 Å². The predicted molar refractivity (Wildman–Crippen MR) is 120 cm³/mol. The van der Waals surface area contributed by atoms with E-state index in [0.717, 1.165) is 29.9 Å². The number of sulfonamides is 1. The third-order valence-electron chi connectivity index (χ3n) is 4.86. The summed E-state index contributed by atoms with van der Waals surface area (Å²) in [4.78, 5) is 13.7. The van der Waals surface area contributed by atoms with Crippen LogP contribution in [0.1, 0.15) is 36.5 Å². The summed E-state index contributed by atoms with van der Waals surface area (Å²) < 4.78 is 32.6. The summed E-state index contributed by atoms with van der Waals surface area (Å²) in [6.07, 6.45) is 2.90. The number of rotatable bonds is 9. The van der Waals surface area contributed by atoms with Crippen LogP contribution in [0.15, 0.2) is 58.3 Å². The van der Waals surface area contributed by atoms with Gasteiger partial charge in [0, 0.05) is 18.0 Å². The average molecular weight is 449 g/mol. The average Bonchev–Trinajstić information content (AvgIpc) is 2.78. The number of hydrogen-bond acceptors (Lipinski definition) is 5. The lowest BCUT2D eigenvalue weighted by molar-refractivity contribution is 0.0944. The number of carbonyl (C=O) groups is 1. The molecule has 8 heteroatoms. The molecule has 162 valence electrons. The maximum absolute atomic E-state index is 12.7. The molecule has 0 radical (unpaired) electrons. The minimum Gasteiger partial charge on any atom is -0.492 e. The Balaban J connectivity index is 1.49. The van der Waals surface area contributed by atoms with Gasteiger partial charge in [-0.2, -0.15) is 4.31 Å². The highest BCUT2D eigenvalue weighted by molar-refractivity contribution is 7.99. The Morgan fingerprint density at radius 3 is 2.47 bits per heavy atom. The van der Waals surface area contributed by atoms with Crippen LogP contribution in [0.4, 0.5) is 0 Å². The topological polar surface area (TPSA) is 75.7 Å². The normalized spacial score (nSPS) is 15.0. The molecule has 1 fully saturated rings. The molecule has 6 nitrogen and oxygen atoms in total. The van der Waals surface area contributed by atoms with E-state index in [-0.39, 0.29) is 10.8 Å². The summed E-state index contributed by atoms with van der Waals surface area (Å²) in [6, 6.07) is 14.0. The Labute approximate surface area is 183 Å². The highest BCUT2D eigenvalue weighted by Gasteiger charge is 2.25. The summed E-state index contributed by atoms with van der Waals surface area (Å²) in [5.41, 5.74) is 0.664. The van der Waals surface area contributed by atoms with Crippen LogP contribution in [0, 0.1) is 0 Å². The number of nitrogens with zero attached hydrogens (tertiary/aromatic N) is 1. The van der Waals surface area contributed by atoms with Crippen molar-refractivity contribution in [3.8, 4) is 5.75 Å². The minimum absolute atomic E-state index is 0.127. The van der Waals surface area contributed by atoms with E-state index in [1.165, 1.54) is 0 Å². The monoisotopic (exact) mass is 448 g/mol. The Hall–Kier alpha value is -2.03. The lowest BCUT2D eigenvalue weighted by Gasteiger charge is -2.25. The van der Waals surface area contributed by atoms with Gasteiger partial charge >= 0.3 is 0 Å². The molecule has 3 rings (SSSR count). The van der Waals surface area contributed by atoms with Gasteiger partial charge in [-0.25, -0.2) is 8.42 Å². The fourth-order valence-corrected chi connectivity index (χ4v) is 5.65. The Bertz CT molecular complexity index is 940. The van der Waals surface area contributed by atoms with E-state index < -0.39 is 10.0 Å². The number of benzene rings is 2. The van der Waals surface area contributed by atoms with Crippen molar-refractivity contribution in [3.05, 3.63) is 54.1 Å². The summed E-state index contributed by atoms with van der Waals surface area (Å²) in [7, 11) is -3.44. The highest BCUT2D eigenvalue weighted by atomic mass is 32.2. The number of hydrogen-bond donors (Lipinski definition) is 1. The maximum Gasteiger partial charge on any atom is 0.252 e. The van der Waals surface area contributed by atoms with E-state index in [0.29, 0.717) is 37.6 Å². The van der Waals surface area contributed by atoms with Crippen LogP contribution in [0.3, 0.4) is 0 Å². The van der Waals surface area contributed by atoms with Crippen molar-refractivity contribution in [2.45, 2.75) is 36.0 Å². The molecule has 1 aliphatic heterocycles. The fourth-order valence-electron chi connectivity index (χ4n) is 3.33. The number of amides is 1. The van der Waals surface area contributed by atoms with Gasteiger partial charge in [0.2, 0.25) is 10.0 Å². The molecule has 1 N–H and O–H groups in total. The zero-order valence-electron chi connectivity index (χ0n) is 17.2. The van der Waals surface area contributed by atoms with Gasteiger partial charge in [-0.15, -0.1) is 11.8 Å². The van der Waals surface area contributed by atoms with E-state index in [9.17, 15) is 13.2 Å². The highest BCUT2D eigenvalue weighted by Crippen LogP contribution is 2.23. The maximum atomic E-state index is 12.7. The third-order valence-corrected chi connectivity index (χ3v) is 7.73. The molecule has 0 atom stereocenters. The molecule has 0 saturated carbocycles. The summed E-state index contributed by atoms with van der Waals surface area (Å²) in [5.74, 6) is 1.35. The van der Waals surface area contributed by atoms with Crippen LogP contribution in [0.2, 0.25) is 0 Å². The second-order valence-electron chi connectivity index (χ2n) is 6.97. The first-order chi connectivity index (χ1) is 14.5. The van der Waals surface area contributed by atoms with Crippen LogP contribution in [-0.4, -0.2) is 50.6 Å². The zero-order chi connectivity index (χ0) is 21.4. The first kappa shape index (κ1) is 22.7. The first-order valence-electron chi connectivity index (χ1n) is 10.3. The lowest BCUT2D eigenvalue weighted by atomic mass is 10.2. The first-order valence-corrected chi connectivity index (χ1v) is 12.7. The lowest BCUT2D eigenvalue weighted by Crippen LogP contribution is -2.35. The summed E-state index contributed by atoms with van der Waals surface area (Å²) >= 11 is 1.64. The molecule has 0 spiro atoms. The zero-order valence-corrected chi connectivity index (χ0v) is 18.8. The molecular weight excluding hydrogens is 420 g/mol. The second-order valence-corrected chi connectivity index (χ2v) is 10.2. The fraction of sp³-hybridized carbons (Fsp3) is 0.409.